The van der Waals surface area contributed by atoms with Gasteiger partial charge in [-0.05, 0) is 36.1 Å². The van der Waals surface area contributed by atoms with Gasteiger partial charge < -0.3 is 4.74 Å². The van der Waals surface area contributed by atoms with Crippen LogP contribution in [0.3, 0.4) is 0 Å². The lowest BCUT2D eigenvalue weighted by Crippen LogP contribution is -2.42. The molecule has 0 heterocycles. The van der Waals surface area contributed by atoms with Crippen molar-refractivity contribution in [2.45, 2.75) is 24.6 Å². The zero-order valence-corrected chi connectivity index (χ0v) is 10.2. The van der Waals surface area contributed by atoms with Crippen molar-refractivity contribution in [3.8, 4) is 0 Å². The standard InChI is InChI=1S/C11H10BrF3O/c1-16-10(11(13,14)15)5-4-7-2-3-8(12)6-9(7)10/h2-3,6H,4-5H2,1H3. The molecule has 1 aromatic rings. The summed E-state index contributed by atoms with van der Waals surface area (Å²) in [4.78, 5) is 0. The average Bonchev–Trinajstić information content (AvgIpc) is 2.56. The highest BCUT2D eigenvalue weighted by molar-refractivity contribution is 9.10. The summed E-state index contributed by atoms with van der Waals surface area (Å²) in [5, 5.41) is 0. The van der Waals surface area contributed by atoms with Gasteiger partial charge in [0, 0.05) is 11.6 Å². The normalized spacial score (nSPS) is 24.6. The minimum absolute atomic E-state index is 0.0429. The van der Waals surface area contributed by atoms with E-state index in [-0.39, 0.29) is 12.0 Å². The maximum atomic E-state index is 13.1. The fourth-order valence-electron chi connectivity index (χ4n) is 2.21. The van der Waals surface area contributed by atoms with Gasteiger partial charge in [0.25, 0.3) is 0 Å². The van der Waals surface area contributed by atoms with E-state index in [0.717, 1.165) is 7.11 Å². The Morgan fingerprint density at radius 3 is 2.62 bits per heavy atom. The molecule has 0 saturated heterocycles. The van der Waals surface area contributed by atoms with E-state index in [1.54, 1.807) is 12.1 Å². The monoisotopic (exact) mass is 294 g/mol. The highest BCUT2D eigenvalue weighted by Gasteiger charge is 2.59. The molecule has 1 aliphatic rings. The van der Waals surface area contributed by atoms with Gasteiger partial charge in [0.2, 0.25) is 0 Å². The molecule has 0 fully saturated rings. The molecular formula is C11H10BrF3O. The van der Waals surface area contributed by atoms with Crippen LogP contribution in [0.4, 0.5) is 13.2 Å². The van der Waals surface area contributed by atoms with E-state index < -0.39 is 11.8 Å². The molecule has 1 aliphatic carbocycles. The molecule has 88 valence electrons. The molecule has 1 aromatic carbocycles. The van der Waals surface area contributed by atoms with E-state index in [0.29, 0.717) is 16.5 Å². The number of methoxy groups -OCH3 is 1. The van der Waals surface area contributed by atoms with Crippen LogP contribution in [-0.4, -0.2) is 13.3 Å². The van der Waals surface area contributed by atoms with Crippen molar-refractivity contribution >= 4 is 15.9 Å². The smallest absolute Gasteiger partial charge is 0.364 e. The van der Waals surface area contributed by atoms with Crippen molar-refractivity contribution in [3.63, 3.8) is 0 Å². The molecule has 0 aromatic heterocycles. The van der Waals surface area contributed by atoms with E-state index in [2.05, 4.69) is 15.9 Å². The zero-order chi connectivity index (χ0) is 12.0. The topological polar surface area (TPSA) is 9.23 Å². The van der Waals surface area contributed by atoms with E-state index in [9.17, 15) is 13.2 Å². The summed E-state index contributed by atoms with van der Waals surface area (Å²) in [6.45, 7) is 0. The summed E-state index contributed by atoms with van der Waals surface area (Å²) in [5.41, 5.74) is -1.19. The third-order valence-corrected chi connectivity index (χ3v) is 3.55. The van der Waals surface area contributed by atoms with Crippen LogP contribution < -0.4 is 0 Å². The minimum atomic E-state index is -4.38. The molecule has 0 amide bonds. The van der Waals surface area contributed by atoms with Crippen molar-refractivity contribution in [1.29, 1.82) is 0 Å². The molecule has 0 radical (unpaired) electrons. The fourth-order valence-corrected chi connectivity index (χ4v) is 2.57. The van der Waals surface area contributed by atoms with Gasteiger partial charge in [-0.3, -0.25) is 0 Å². The summed E-state index contributed by atoms with van der Waals surface area (Å²) in [6.07, 6.45) is -4.03. The minimum Gasteiger partial charge on any atom is -0.364 e. The van der Waals surface area contributed by atoms with Crippen LogP contribution in [0.2, 0.25) is 0 Å². The quantitative estimate of drug-likeness (QED) is 0.765. The van der Waals surface area contributed by atoms with Gasteiger partial charge in [0.15, 0.2) is 5.60 Å². The molecule has 2 rings (SSSR count). The summed E-state index contributed by atoms with van der Waals surface area (Å²) in [6, 6.07) is 4.96. The molecule has 1 nitrogen and oxygen atoms in total. The van der Waals surface area contributed by atoms with Crippen molar-refractivity contribution < 1.29 is 17.9 Å². The van der Waals surface area contributed by atoms with Crippen LogP contribution in [0, 0.1) is 0 Å². The lowest BCUT2D eigenvalue weighted by atomic mass is 9.95. The first-order valence-corrected chi connectivity index (χ1v) is 5.61. The van der Waals surface area contributed by atoms with Gasteiger partial charge in [0.1, 0.15) is 0 Å². The SMILES string of the molecule is COC1(C(F)(F)F)CCc2ccc(Br)cc21. The van der Waals surface area contributed by atoms with Gasteiger partial charge in [0.05, 0.1) is 0 Å². The largest absolute Gasteiger partial charge is 0.421 e. The Hall–Kier alpha value is -0.550. The Labute approximate surface area is 99.7 Å². The van der Waals surface area contributed by atoms with Crippen LogP contribution in [0.5, 0.6) is 0 Å². The summed E-state index contributed by atoms with van der Waals surface area (Å²) in [7, 11) is 1.11. The number of rotatable bonds is 1. The predicted molar refractivity (Wildman–Crippen MR) is 57.2 cm³/mol. The second-order valence-electron chi connectivity index (χ2n) is 3.83. The summed E-state index contributed by atoms with van der Waals surface area (Å²) >= 11 is 3.19. The van der Waals surface area contributed by atoms with E-state index >= 15 is 0 Å². The third-order valence-electron chi connectivity index (χ3n) is 3.06. The van der Waals surface area contributed by atoms with Crippen molar-refractivity contribution in [3.05, 3.63) is 33.8 Å². The Morgan fingerprint density at radius 1 is 1.38 bits per heavy atom. The lowest BCUT2D eigenvalue weighted by molar-refractivity contribution is -0.275. The van der Waals surface area contributed by atoms with Gasteiger partial charge in [-0.15, -0.1) is 0 Å². The molecule has 1 atom stereocenters. The molecular weight excluding hydrogens is 285 g/mol. The van der Waals surface area contributed by atoms with Gasteiger partial charge >= 0.3 is 6.18 Å². The fraction of sp³-hybridized carbons (Fsp3) is 0.455. The molecule has 16 heavy (non-hydrogen) atoms. The molecule has 0 N–H and O–H groups in total. The Balaban J connectivity index is 2.59. The number of hydrogen-bond donors (Lipinski definition) is 0. The predicted octanol–water partition coefficient (Wildman–Crippen LogP) is 3.80. The highest BCUT2D eigenvalue weighted by Crippen LogP contribution is 2.50. The molecule has 5 heteroatoms. The van der Waals surface area contributed by atoms with Crippen molar-refractivity contribution in [2.75, 3.05) is 7.11 Å². The maximum Gasteiger partial charge on any atom is 0.421 e. The number of benzene rings is 1. The van der Waals surface area contributed by atoms with Crippen molar-refractivity contribution in [1.82, 2.24) is 0 Å². The molecule has 1 unspecified atom stereocenters. The van der Waals surface area contributed by atoms with Crippen LogP contribution in [0.25, 0.3) is 0 Å². The Morgan fingerprint density at radius 2 is 2.06 bits per heavy atom. The first-order chi connectivity index (χ1) is 7.40. The number of ether oxygens (including phenoxy) is 1. The van der Waals surface area contributed by atoms with E-state index in [1.165, 1.54) is 6.07 Å². The van der Waals surface area contributed by atoms with Gasteiger partial charge in [-0.25, -0.2) is 0 Å². The molecule has 0 aliphatic heterocycles. The van der Waals surface area contributed by atoms with E-state index in [4.69, 9.17) is 4.74 Å². The third kappa shape index (κ3) is 1.57. The maximum absolute atomic E-state index is 13.1. The molecule has 0 bridgehead atoms. The second-order valence-corrected chi connectivity index (χ2v) is 4.75. The number of aryl methyl sites for hydroxylation is 1. The number of halogens is 4. The van der Waals surface area contributed by atoms with E-state index in [1.807, 2.05) is 0 Å². The van der Waals surface area contributed by atoms with Crippen LogP contribution >= 0.6 is 15.9 Å². The Kier molecular flexibility index (Phi) is 2.78. The summed E-state index contributed by atoms with van der Waals surface area (Å²) in [5.74, 6) is 0. The van der Waals surface area contributed by atoms with Crippen LogP contribution in [0.1, 0.15) is 17.5 Å². The second kappa shape index (κ2) is 3.74. The van der Waals surface area contributed by atoms with Crippen LogP contribution in [0.15, 0.2) is 22.7 Å². The molecule has 0 spiro atoms. The lowest BCUT2D eigenvalue weighted by Gasteiger charge is -2.31. The Bertz CT molecular complexity index is 416. The number of alkyl halides is 3. The zero-order valence-electron chi connectivity index (χ0n) is 8.57. The van der Waals surface area contributed by atoms with Crippen LogP contribution in [-0.2, 0) is 16.8 Å². The summed E-state index contributed by atoms with van der Waals surface area (Å²) < 4.78 is 44.7. The first kappa shape index (κ1) is 11.9. The highest BCUT2D eigenvalue weighted by atomic mass is 79.9. The van der Waals surface area contributed by atoms with Gasteiger partial charge in [-0.2, -0.15) is 13.2 Å². The van der Waals surface area contributed by atoms with Crippen molar-refractivity contribution in [2.24, 2.45) is 0 Å². The number of fused-ring (bicyclic) bond motifs is 1. The van der Waals surface area contributed by atoms with Gasteiger partial charge in [-0.1, -0.05) is 22.0 Å². The average molecular weight is 295 g/mol. The molecule has 0 saturated carbocycles. The first-order valence-electron chi connectivity index (χ1n) is 4.81. The number of hydrogen-bond acceptors (Lipinski definition) is 1.